The second kappa shape index (κ2) is 7.47. The molecule has 28 heavy (non-hydrogen) atoms. The van der Waals surface area contributed by atoms with Crippen molar-refractivity contribution in [1.29, 1.82) is 0 Å². The largest absolute Gasteiger partial charge is 0.573 e. The van der Waals surface area contributed by atoms with Crippen LogP contribution in [0.2, 0.25) is 0 Å². The van der Waals surface area contributed by atoms with Gasteiger partial charge in [0.25, 0.3) is 0 Å². The Bertz CT molecular complexity index is 1010. The van der Waals surface area contributed by atoms with E-state index < -0.39 is 6.36 Å². The molecule has 1 amide bonds. The number of hydrogen-bond acceptors (Lipinski definition) is 4. The second-order valence-electron chi connectivity index (χ2n) is 5.69. The molecule has 3 aromatic rings. The zero-order chi connectivity index (χ0) is 20.3. The number of nitrogens with zero attached hydrogens (tertiary/aromatic N) is 2. The number of nitrogens with two attached hydrogens (primary N) is 1. The molecule has 0 aliphatic heterocycles. The number of rotatable bonds is 5. The van der Waals surface area contributed by atoms with E-state index in [1.165, 1.54) is 28.9 Å². The third-order valence-corrected chi connectivity index (χ3v) is 3.71. The molecule has 1 heterocycles. The molecule has 6 nitrogen and oxygen atoms in total. The summed E-state index contributed by atoms with van der Waals surface area (Å²) in [5.41, 5.74) is 8.27. The van der Waals surface area contributed by atoms with Gasteiger partial charge in [0, 0.05) is 17.4 Å². The summed E-state index contributed by atoms with van der Waals surface area (Å²) >= 11 is 0. The zero-order valence-corrected chi connectivity index (χ0v) is 14.4. The SMILES string of the molecule is C=CC(=O)Nc1cccc(-n2cc(-c3ccc(OC(F)(F)F)cc3)c(N)n2)c1. The first-order chi connectivity index (χ1) is 13.2. The Kier molecular flexibility index (Phi) is 5.08. The van der Waals surface area contributed by atoms with E-state index in [9.17, 15) is 18.0 Å². The smallest absolute Gasteiger partial charge is 0.406 e. The van der Waals surface area contributed by atoms with Crippen LogP contribution >= 0.6 is 0 Å². The van der Waals surface area contributed by atoms with Crippen LogP contribution in [0.4, 0.5) is 24.7 Å². The number of halogens is 3. The fraction of sp³-hybridized carbons (Fsp3) is 0.0526. The first-order valence-electron chi connectivity index (χ1n) is 8.00. The van der Waals surface area contributed by atoms with Crippen molar-refractivity contribution in [3.05, 3.63) is 67.4 Å². The van der Waals surface area contributed by atoms with Gasteiger partial charge in [0.05, 0.1) is 5.69 Å². The first kappa shape index (κ1) is 19.0. The van der Waals surface area contributed by atoms with E-state index in [-0.39, 0.29) is 17.5 Å². The Balaban J connectivity index is 1.86. The highest BCUT2D eigenvalue weighted by Crippen LogP contribution is 2.30. The first-order valence-corrected chi connectivity index (χ1v) is 8.00. The summed E-state index contributed by atoms with van der Waals surface area (Å²) in [6, 6.07) is 12.2. The lowest BCUT2D eigenvalue weighted by Crippen LogP contribution is -2.16. The number of carbonyl (C=O) groups excluding carboxylic acids is 1. The summed E-state index contributed by atoms with van der Waals surface area (Å²) in [7, 11) is 0. The monoisotopic (exact) mass is 388 g/mol. The summed E-state index contributed by atoms with van der Waals surface area (Å²) in [5, 5.41) is 6.87. The zero-order valence-electron chi connectivity index (χ0n) is 14.4. The number of hydrogen-bond donors (Lipinski definition) is 2. The van der Waals surface area contributed by atoms with E-state index in [0.29, 0.717) is 22.5 Å². The number of alkyl halides is 3. The van der Waals surface area contributed by atoms with Crippen LogP contribution < -0.4 is 15.8 Å². The predicted molar refractivity (Wildman–Crippen MR) is 98.9 cm³/mol. The molecule has 0 fully saturated rings. The molecule has 0 saturated carbocycles. The lowest BCUT2D eigenvalue weighted by molar-refractivity contribution is -0.274. The molecule has 3 rings (SSSR count). The van der Waals surface area contributed by atoms with Crippen molar-refractivity contribution < 1.29 is 22.7 Å². The molecule has 0 spiro atoms. The maximum Gasteiger partial charge on any atom is 0.573 e. The standard InChI is InChI=1S/C19H15F3N4O2/c1-2-17(27)24-13-4-3-5-14(10-13)26-11-16(18(23)25-26)12-6-8-15(9-7-12)28-19(20,21)22/h2-11H,1H2,(H2,23,25)(H,24,27). The van der Waals surface area contributed by atoms with Crippen LogP contribution in [0.15, 0.2) is 67.4 Å². The van der Waals surface area contributed by atoms with Crippen molar-refractivity contribution in [2.75, 3.05) is 11.1 Å². The molecule has 0 atom stereocenters. The summed E-state index contributed by atoms with van der Waals surface area (Å²) in [4.78, 5) is 11.4. The third-order valence-electron chi connectivity index (χ3n) is 3.71. The molecule has 0 saturated heterocycles. The molecule has 144 valence electrons. The Morgan fingerprint density at radius 1 is 1.21 bits per heavy atom. The quantitative estimate of drug-likeness (QED) is 0.644. The van der Waals surface area contributed by atoms with Crippen molar-refractivity contribution >= 4 is 17.4 Å². The Morgan fingerprint density at radius 3 is 2.57 bits per heavy atom. The van der Waals surface area contributed by atoms with E-state index in [1.807, 2.05) is 0 Å². The van der Waals surface area contributed by atoms with Crippen molar-refractivity contribution in [2.45, 2.75) is 6.36 Å². The average Bonchev–Trinajstić information content (AvgIpc) is 3.03. The molecule has 3 N–H and O–H groups in total. The van der Waals surface area contributed by atoms with Crippen molar-refractivity contribution in [3.63, 3.8) is 0 Å². The Hall–Kier alpha value is -3.75. The minimum absolute atomic E-state index is 0.199. The lowest BCUT2D eigenvalue weighted by Gasteiger charge is -2.09. The number of ether oxygens (including phenoxy) is 1. The molecule has 1 aromatic heterocycles. The number of nitrogens with one attached hydrogen (secondary N) is 1. The van der Waals surface area contributed by atoms with Gasteiger partial charge >= 0.3 is 6.36 Å². The van der Waals surface area contributed by atoms with E-state index in [0.717, 1.165) is 6.08 Å². The Labute approximate surface area is 158 Å². The highest BCUT2D eigenvalue weighted by molar-refractivity contribution is 5.99. The van der Waals surface area contributed by atoms with E-state index in [1.54, 1.807) is 30.5 Å². The number of benzene rings is 2. The number of carbonyl (C=O) groups is 1. The molecule has 9 heteroatoms. The summed E-state index contributed by atoms with van der Waals surface area (Å²) < 4.78 is 42.2. The molecule has 2 aromatic carbocycles. The normalized spacial score (nSPS) is 11.1. The fourth-order valence-corrected chi connectivity index (χ4v) is 2.50. The van der Waals surface area contributed by atoms with Crippen LogP contribution in [0.3, 0.4) is 0 Å². The van der Waals surface area contributed by atoms with Gasteiger partial charge < -0.3 is 15.8 Å². The Morgan fingerprint density at radius 2 is 1.93 bits per heavy atom. The minimum Gasteiger partial charge on any atom is -0.406 e. The molecule has 0 bridgehead atoms. The van der Waals surface area contributed by atoms with E-state index >= 15 is 0 Å². The predicted octanol–water partition coefficient (Wildman–Crippen LogP) is 4.14. The van der Waals surface area contributed by atoms with Crippen LogP contribution in [0, 0.1) is 0 Å². The van der Waals surface area contributed by atoms with Crippen LogP contribution in [0.25, 0.3) is 16.8 Å². The molecular weight excluding hydrogens is 373 g/mol. The topological polar surface area (TPSA) is 82.2 Å². The van der Waals surface area contributed by atoms with Gasteiger partial charge in [0.15, 0.2) is 5.82 Å². The fourth-order valence-electron chi connectivity index (χ4n) is 2.50. The average molecular weight is 388 g/mol. The van der Waals surface area contributed by atoms with Gasteiger partial charge in [-0.3, -0.25) is 4.79 Å². The van der Waals surface area contributed by atoms with Gasteiger partial charge in [-0.1, -0.05) is 24.8 Å². The molecule has 0 aliphatic rings. The number of nitrogen functional groups attached to an aromatic ring is 1. The molecule has 0 unspecified atom stereocenters. The summed E-state index contributed by atoms with van der Waals surface area (Å²) in [6.07, 6.45) is -1.95. The number of aromatic nitrogens is 2. The van der Waals surface area contributed by atoms with Gasteiger partial charge in [-0.2, -0.15) is 5.10 Å². The van der Waals surface area contributed by atoms with Gasteiger partial charge in [-0.25, -0.2) is 4.68 Å². The van der Waals surface area contributed by atoms with Crippen LogP contribution in [-0.4, -0.2) is 22.1 Å². The minimum atomic E-state index is -4.75. The molecule has 0 aliphatic carbocycles. The van der Waals surface area contributed by atoms with Gasteiger partial charge in [0.2, 0.25) is 5.91 Å². The van der Waals surface area contributed by atoms with Crippen molar-refractivity contribution in [3.8, 4) is 22.6 Å². The van der Waals surface area contributed by atoms with Gasteiger partial charge in [-0.05, 0) is 42.0 Å². The van der Waals surface area contributed by atoms with Gasteiger partial charge in [-0.15, -0.1) is 13.2 Å². The number of amides is 1. The maximum atomic E-state index is 12.3. The highest BCUT2D eigenvalue weighted by atomic mass is 19.4. The lowest BCUT2D eigenvalue weighted by atomic mass is 10.1. The number of anilines is 2. The summed E-state index contributed by atoms with van der Waals surface area (Å²) in [6.45, 7) is 3.39. The highest BCUT2D eigenvalue weighted by Gasteiger charge is 2.31. The van der Waals surface area contributed by atoms with Crippen molar-refractivity contribution in [2.24, 2.45) is 0 Å². The van der Waals surface area contributed by atoms with Crippen molar-refractivity contribution in [1.82, 2.24) is 9.78 Å². The van der Waals surface area contributed by atoms with Crippen LogP contribution in [0.5, 0.6) is 5.75 Å². The third kappa shape index (κ3) is 4.50. The second-order valence-corrected chi connectivity index (χ2v) is 5.69. The molecule has 0 radical (unpaired) electrons. The summed E-state index contributed by atoms with van der Waals surface area (Å²) in [5.74, 6) is -0.475. The maximum absolute atomic E-state index is 12.3. The molecular formula is C19H15F3N4O2. The van der Waals surface area contributed by atoms with Crippen LogP contribution in [0.1, 0.15) is 0 Å². The van der Waals surface area contributed by atoms with Gasteiger partial charge in [0.1, 0.15) is 5.75 Å². The van der Waals surface area contributed by atoms with E-state index in [2.05, 4.69) is 21.7 Å². The van der Waals surface area contributed by atoms with Crippen LogP contribution in [-0.2, 0) is 4.79 Å². The van der Waals surface area contributed by atoms with E-state index in [4.69, 9.17) is 5.73 Å².